The Labute approximate surface area is 169 Å². The molecule has 2 atom stereocenters. The molecule has 4 rings (SSSR count). The van der Waals surface area contributed by atoms with Crippen LogP contribution >= 0.6 is 0 Å². The van der Waals surface area contributed by atoms with Crippen molar-refractivity contribution in [1.82, 2.24) is 4.90 Å². The van der Waals surface area contributed by atoms with Gasteiger partial charge in [0.1, 0.15) is 0 Å². The molecule has 0 radical (unpaired) electrons. The van der Waals surface area contributed by atoms with E-state index in [-0.39, 0.29) is 11.2 Å². The number of rotatable bonds is 3. The average Bonchev–Trinajstić information content (AvgIpc) is 2.94. The summed E-state index contributed by atoms with van der Waals surface area (Å²) in [6, 6.07) is 2.51. The minimum atomic E-state index is 0.0774. The molecule has 0 saturated heterocycles. The number of nitrogens with two attached hydrogens (primary N) is 1. The van der Waals surface area contributed by atoms with Crippen LogP contribution in [0.15, 0.2) is 36.1 Å². The summed E-state index contributed by atoms with van der Waals surface area (Å²) in [5, 5.41) is 0. The number of fused-ring (bicyclic) bond motifs is 6. The highest BCUT2D eigenvalue weighted by atomic mass is 16.1. The van der Waals surface area contributed by atoms with E-state index in [1.807, 2.05) is 0 Å². The molecule has 3 nitrogen and oxygen atoms in total. The summed E-state index contributed by atoms with van der Waals surface area (Å²) >= 11 is 0. The Hall–Kier alpha value is -2.29. The van der Waals surface area contributed by atoms with Gasteiger partial charge in [0.15, 0.2) is 5.78 Å². The number of allylic oxidation sites excluding steroid dienone is 3. The number of benzene rings is 1. The van der Waals surface area contributed by atoms with Crippen LogP contribution in [0.1, 0.15) is 75.1 Å². The fourth-order valence-corrected chi connectivity index (χ4v) is 5.71. The third kappa shape index (κ3) is 2.59. The number of carbonyl (C=O) groups is 1. The molecule has 0 amide bonds. The summed E-state index contributed by atoms with van der Waals surface area (Å²) in [5.41, 5.74) is 15.6. The van der Waals surface area contributed by atoms with Crippen LogP contribution in [0.2, 0.25) is 0 Å². The van der Waals surface area contributed by atoms with Crippen LogP contribution in [0.5, 0.6) is 0 Å². The summed E-state index contributed by atoms with van der Waals surface area (Å²) in [6.07, 6.45) is 8.70. The molecule has 1 aromatic carbocycles. The molecule has 3 aliphatic rings. The van der Waals surface area contributed by atoms with E-state index in [1.54, 1.807) is 6.92 Å². The molecule has 1 saturated carbocycles. The van der Waals surface area contributed by atoms with Crippen molar-refractivity contribution in [2.75, 3.05) is 5.73 Å². The first-order valence-corrected chi connectivity index (χ1v) is 10.5. The Bertz CT molecular complexity index is 948. The average molecular weight is 377 g/mol. The molecule has 0 bridgehead atoms. The molecule has 1 aliphatic carbocycles. The predicted molar refractivity (Wildman–Crippen MR) is 117 cm³/mol. The standard InChI is InChI=1S/C25H32N2O/c1-7-8-17-15(3)21(26)12-19-22-11-14(2)20(16(4)28)13-27(22)24-18(23(17)19)9-10-25(24,5)6/h11-13,18,24H,2,7-10,26H2,1,3-6H3. The van der Waals surface area contributed by atoms with Gasteiger partial charge in [-0.15, -0.1) is 0 Å². The largest absolute Gasteiger partial charge is 0.398 e. The van der Waals surface area contributed by atoms with Crippen molar-refractivity contribution in [3.8, 4) is 0 Å². The van der Waals surface area contributed by atoms with Crippen LogP contribution in [-0.2, 0) is 11.2 Å². The number of hydrogen-bond donors (Lipinski definition) is 1. The second-order valence-corrected chi connectivity index (χ2v) is 9.42. The highest BCUT2D eigenvalue weighted by molar-refractivity contribution is 6.00. The van der Waals surface area contributed by atoms with Crippen molar-refractivity contribution in [1.29, 1.82) is 0 Å². The van der Waals surface area contributed by atoms with Crippen LogP contribution in [0, 0.1) is 12.3 Å². The topological polar surface area (TPSA) is 46.3 Å². The van der Waals surface area contributed by atoms with Crippen LogP contribution in [0.4, 0.5) is 5.69 Å². The molecule has 0 spiro atoms. The molecule has 28 heavy (non-hydrogen) atoms. The molecule has 0 aromatic heterocycles. The molecule has 2 unspecified atom stereocenters. The number of ketones is 1. The third-order valence-corrected chi connectivity index (χ3v) is 7.11. The Morgan fingerprint density at radius 1 is 1.39 bits per heavy atom. The van der Waals surface area contributed by atoms with Gasteiger partial charge in [-0.3, -0.25) is 4.79 Å². The number of carbonyl (C=O) groups excluding carboxylic acids is 1. The van der Waals surface area contributed by atoms with Gasteiger partial charge in [-0.05, 0) is 72.9 Å². The molecule has 3 heteroatoms. The Balaban J connectivity index is 2.02. The minimum Gasteiger partial charge on any atom is -0.398 e. The van der Waals surface area contributed by atoms with Gasteiger partial charge in [-0.2, -0.15) is 0 Å². The van der Waals surface area contributed by atoms with E-state index in [0.717, 1.165) is 35.4 Å². The van der Waals surface area contributed by atoms with Crippen molar-refractivity contribution in [2.45, 2.75) is 72.3 Å². The summed E-state index contributed by atoms with van der Waals surface area (Å²) in [6.45, 7) is 15.0. The molecular weight excluding hydrogens is 344 g/mol. The fourth-order valence-electron chi connectivity index (χ4n) is 5.71. The SMILES string of the molecule is C=C1C=C2c3cc(N)c(C)c(CCC)c3C3CCC(C)(C)C3N2C=C1C(C)=O. The van der Waals surface area contributed by atoms with Gasteiger partial charge in [0.2, 0.25) is 0 Å². The molecule has 148 valence electrons. The zero-order valence-corrected chi connectivity index (χ0v) is 17.9. The van der Waals surface area contributed by atoms with Crippen molar-refractivity contribution < 1.29 is 4.79 Å². The predicted octanol–water partition coefficient (Wildman–Crippen LogP) is 5.50. The maximum Gasteiger partial charge on any atom is 0.161 e. The van der Waals surface area contributed by atoms with Crippen LogP contribution in [0.3, 0.4) is 0 Å². The van der Waals surface area contributed by atoms with Gasteiger partial charge in [-0.1, -0.05) is 33.8 Å². The van der Waals surface area contributed by atoms with Crippen LogP contribution < -0.4 is 5.73 Å². The number of hydrogen-bond acceptors (Lipinski definition) is 3. The Kier molecular flexibility index (Phi) is 4.33. The van der Waals surface area contributed by atoms with E-state index < -0.39 is 0 Å². The molecule has 2 heterocycles. The molecular formula is C25H32N2O. The second kappa shape index (κ2) is 6.37. The molecule has 2 N–H and O–H groups in total. The van der Waals surface area contributed by atoms with E-state index in [0.29, 0.717) is 12.0 Å². The summed E-state index contributed by atoms with van der Waals surface area (Å²) < 4.78 is 0. The normalized spacial score (nSPS) is 24.9. The van der Waals surface area contributed by atoms with Gasteiger partial charge in [0.05, 0.1) is 0 Å². The minimum absolute atomic E-state index is 0.0774. The number of nitrogens with zero attached hydrogens (tertiary/aromatic N) is 1. The van der Waals surface area contributed by atoms with E-state index in [2.05, 4.69) is 57.5 Å². The zero-order chi connectivity index (χ0) is 20.4. The summed E-state index contributed by atoms with van der Waals surface area (Å²) in [7, 11) is 0. The first-order chi connectivity index (χ1) is 13.2. The quantitative estimate of drug-likeness (QED) is 0.708. The first kappa shape index (κ1) is 19.0. The lowest BCUT2D eigenvalue weighted by atomic mass is 9.72. The molecule has 1 fully saturated rings. The maximum absolute atomic E-state index is 12.2. The molecule has 1 aromatic rings. The Morgan fingerprint density at radius 2 is 2.11 bits per heavy atom. The number of Topliss-reactive ketones (excluding diaryl/α,β-unsaturated/α-hetero) is 1. The lowest BCUT2D eigenvalue weighted by Gasteiger charge is -2.48. The van der Waals surface area contributed by atoms with E-state index in [1.165, 1.54) is 35.1 Å². The third-order valence-electron chi connectivity index (χ3n) is 7.11. The summed E-state index contributed by atoms with van der Waals surface area (Å²) in [4.78, 5) is 14.6. The lowest BCUT2D eigenvalue weighted by Crippen LogP contribution is -2.45. The van der Waals surface area contributed by atoms with Gasteiger partial charge < -0.3 is 10.6 Å². The van der Waals surface area contributed by atoms with Crippen LogP contribution in [0.25, 0.3) is 5.70 Å². The second-order valence-electron chi connectivity index (χ2n) is 9.42. The van der Waals surface area contributed by atoms with Crippen LogP contribution in [-0.4, -0.2) is 16.7 Å². The Morgan fingerprint density at radius 3 is 2.75 bits per heavy atom. The van der Waals surface area contributed by atoms with Crippen molar-refractivity contribution in [2.24, 2.45) is 5.41 Å². The van der Waals surface area contributed by atoms with Gasteiger partial charge in [0, 0.05) is 40.7 Å². The highest BCUT2D eigenvalue weighted by Crippen LogP contribution is 2.57. The van der Waals surface area contributed by atoms with Crippen molar-refractivity contribution >= 4 is 17.2 Å². The van der Waals surface area contributed by atoms with Crippen molar-refractivity contribution in [3.63, 3.8) is 0 Å². The van der Waals surface area contributed by atoms with Crippen molar-refractivity contribution in [3.05, 3.63) is 58.3 Å². The van der Waals surface area contributed by atoms with E-state index >= 15 is 0 Å². The smallest absolute Gasteiger partial charge is 0.161 e. The van der Waals surface area contributed by atoms with E-state index in [4.69, 9.17) is 5.73 Å². The van der Waals surface area contributed by atoms with Gasteiger partial charge in [-0.25, -0.2) is 0 Å². The maximum atomic E-state index is 12.2. The number of nitrogen functional groups attached to an aromatic ring is 1. The zero-order valence-electron chi connectivity index (χ0n) is 17.9. The first-order valence-electron chi connectivity index (χ1n) is 10.5. The summed E-state index contributed by atoms with van der Waals surface area (Å²) in [5.74, 6) is 0.548. The molecule has 2 aliphatic heterocycles. The monoisotopic (exact) mass is 376 g/mol. The van der Waals surface area contributed by atoms with E-state index in [9.17, 15) is 4.79 Å². The highest BCUT2D eigenvalue weighted by Gasteiger charge is 2.51. The van der Waals surface area contributed by atoms with Gasteiger partial charge in [0.25, 0.3) is 0 Å². The van der Waals surface area contributed by atoms with Gasteiger partial charge >= 0.3 is 0 Å². The fraction of sp³-hybridized carbons (Fsp3) is 0.480. The lowest BCUT2D eigenvalue weighted by molar-refractivity contribution is -0.113. The number of anilines is 1.